The van der Waals surface area contributed by atoms with Gasteiger partial charge in [0.05, 0.1) is 0 Å². The van der Waals surface area contributed by atoms with Crippen molar-refractivity contribution in [2.24, 2.45) is 5.92 Å². The summed E-state index contributed by atoms with van der Waals surface area (Å²) in [7, 11) is 4.35. The number of carbonyl (C=O) groups is 2. The van der Waals surface area contributed by atoms with E-state index in [0.29, 0.717) is 29.5 Å². The molecule has 0 aromatic rings. The predicted molar refractivity (Wildman–Crippen MR) is 145 cm³/mol. The molecule has 0 aliphatic heterocycles. The van der Waals surface area contributed by atoms with Crippen molar-refractivity contribution in [2.75, 3.05) is 54.2 Å². The number of rotatable bonds is 16. The normalized spacial score (nSPS) is 21.1. The Bertz CT molecular complexity index is 614. The number of carbonyl (C=O) groups excluding carboxylic acids is 2. The van der Waals surface area contributed by atoms with E-state index in [1.807, 2.05) is 0 Å². The van der Waals surface area contributed by atoms with Crippen LogP contribution >= 0.6 is 23.5 Å². The fraction of sp³-hybridized carbons (Fsp3) is 0.905. The third-order valence-corrected chi connectivity index (χ3v) is 13.8. The fourth-order valence-corrected chi connectivity index (χ4v) is 9.46. The zero-order valence-electron chi connectivity index (χ0n) is 22.2. The highest BCUT2D eigenvalue weighted by Crippen LogP contribution is 2.26. The molecule has 206 valence electrons. The van der Waals surface area contributed by atoms with Crippen molar-refractivity contribution in [1.29, 1.82) is 0 Å². The van der Waals surface area contributed by atoms with E-state index in [1.54, 1.807) is 42.7 Å². The maximum Gasteiger partial charge on any atom is 0.500 e. The van der Waals surface area contributed by atoms with Crippen molar-refractivity contribution in [3.8, 4) is 0 Å². The van der Waals surface area contributed by atoms with Crippen LogP contribution in [0.25, 0.3) is 0 Å². The maximum atomic E-state index is 12.5. The zero-order chi connectivity index (χ0) is 26.3. The van der Waals surface area contributed by atoms with Crippen LogP contribution in [0.1, 0.15) is 39.0 Å². The van der Waals surface area contributed by atoms with Gasteiger partial charge in [-0.15, -0.1) is 0 Å². The Morgan fingerprint density at radius 1 is 0.743 bits per heavy atom. The molecule has 2 amide bonds. The molecule has 0 aromatic heterocycles. The first kappa shape index (κ1) is 32.9. The van der Waals surface area contributed by atoms with Gasteiger partial charge in [0, 0.05) is 78.3 Å². The van der Waals surface area contributed by atoms with Crippen molar-refractivity contribution in [1.82, 2.24) is 10.6 Å². The molecule has 0 bridgehead atoms. The van der Waals surface area contributed by atoms with E-state index in [-0.39, 0.29) is 22.6 Å². The van der Waals surface area contributed by atoms with Gasteiger partial charge in [-0.25, -0.2) is 0 Å². The molecule has 3 unspecified atom stereocenters. The van der Waals surface area contributed by atoms with E-state index >= 15 is 0 Å². The van der Waals surface area contributed by atoms with Crippen molar-refractivity contribution in [3.63, 3.8) is 0 Å². The van der Waals surface area contributed by atoms with E-state index in [2.05, 4.69) is 17.6 Å². The van der Waals surface area contributed by atoms with E-state index in [4.69, 9.17) is 26.6 Å². The fourth-order valence-electron chi connectivity index (χ4n) is 4.08. The molecule has 35 heavy (non-hydrogen) atoms. The predicted octanol–water partition coefficient (Wildman–Crippen LogP) is 3.97. The van der Waals surface area contributed by atoms with Gasteiger partial charge in [0.25, 0.3) is 10.5 Å². The topological polar surface area (TPSA) is 114 Å². The Labute approximate surface area is 221 Å². The van der Waals surface area contributed by atoms with Crippen LogP contribution in [0.5, 0.6) is 0 Å². The van der Waals surface area contributed by atoms with Crippen LogP contribution in [-0.2, 0) is 26.6 Å². The van der Waals surface area contributed by atoms with E-state index in [9.17, 15) is 9.59 Å². The summed E-state index contributed by atoms with van der Waals surface area (Å²) in [6.45, 7) is 2.15. The maximum absolute atomic E-state index is 12.5. The van der Waals surface area contributed by atoms with Crippen LogP contribution in [0.4, 0.5) is 9.59 Å². The van der Waals surface area contributed by atoms with Crippen LogP contribution in [0.2, 0.25) is 12.1 Å². The third kappa shape index (κ3) is 11.4. The minimum absolute atomic E-state index is 0.0365. The molecule has 1 aliphatic carbocycles. The number of nitrogens with one attached hydrogen (secondary N) is 2. The van der Waals surface area contributed by atoms with Gasteiger partial charge in [-0.1, -0.05) is 30.4 Å². The monoisotopic (exact) mass is 572 g/mol. The number of amides is 2. The minimum atomic E-state index is -2.60. The van der Waals surface area contributed by atoms with Crippen molar-refractivity contribution in [2.45, 2.75) is 63.2 Å². The summed E-state index contributed by atoms with van der Waals surface area (Å²) < 4.78 is 32.5. The summed E-state index contributed by atoms with van der Waals surface area (Å²) >= 11 is 2.53. The summed E-state index contributed by atoms with van der Waals surface area (Å²) in [5.74, 6) is 1.69. The molecular formula is C21H44N2O8S2Si2. The molecule has 1 saturated carbocycles. The summed E-state index contributed by atoms with van der Waals surface area (Å²) in [6.07, 6.45) is 4.13. The average Bonchev–Trinajstić information content (AvgIpc) is 2.87. The Hall–Kier alpha value is -0.166. The molecule has 0 radical (unpaired) electrons. The molecule has 10 nitrogen and oxygen atoms in total. The highest BCUT2D eigenvalue weighted by Gasteiger charge is 2.38. The van der Waals surface area contributed by atoms with Gasteiger partial charge in [-0.05, 0) is 38.0 Å². The SMILES string of the molecule is CO[Si](CCCSC(=O)NC1CCC(C)C(NC(=O)SCCC[Si](OC)(OC)OC)C1)(OC)OC. The standard InChI is InChI=1S/C21H44N2O8S2Si2/c1-17-10-11-18(22-20(24)32-12-8-14-34(26-2,27-3)28-4)16-19(17)23-21(25)33-13-9-15-35(29-5,30-6)31-7/h17-19H,8-16H2,1-7H3,(H,22,24)(H,23,25). The van der Waals surface area contributed by atoms with Gasteiger partial charge in [0.1, 0.15) is 0 Å². The van der Waals surface area contributed by atoms with Crippen molar-refractivity contribution < 1.29 is 36.1 Å². The Kier molecular flexibility index (Phi) is 16.3. The van der Waals surface area contributed by atoms with Gasteiger partial charge < -0.3 is 37.2 Å². The Morgan fingerprint density at radius 3 is 1.60 bits per heavy atom. The second kappa shape index (κ2) is 17.4. The van der Waals surface area contributed by atoms with Gasteiger partial charge in [-0.3, -0.25) is 9.59 Å². The number of hydrogen-bond acceptors (Lipinski definition) is 10. The summed E-state index contributed by atoms with van der Waals surface area (Å²) in [5, 5.41) is 6.19. The van der Waals surface area contributed by atoms with Crippen molar-refractivity contribution >= 4 is 51.6 Å². The smallest absolute Gasteiger partial charge is 0.377 e. The molecule has 0 spiro atoms. The lowest BCUT2D eigenvalue weighted by Gasteiger charge is -2.35. The summed E-state index contributed by atoms with van der Waals surface area (Å²) in [6, 6.07) is 1.42. The molecule has 1 rings (SSSR count). The van der Waals surface area contributed by atoms with Gasteiger partial charge in [-0.2, -0.15) is 0 Å². The molecule has 0 saturated heterocycles. The molecule has 0 heterocycles. The molecule has 2 N–H and O–H groups in total. The summed E-state index contributed by atoms with van der Waals surface area (Å²) in [5.41, 5.74) is 0. The molecule has 3 atom stereocenters. The molecule has 1 aliphatic rings. The molecule has 0 aromatic carbocycles. The van der Waals surface area contributed by atoms with Gasteiger partial charge in [0.15, 0.2) is 0 Å². The average molecular weight is 573 g/mol. The Balaban J connectivity index is 2.36. The molecule has 1 fully saturated rings. The Morgan fingerprint density at radius 2 is 1.17 bits per heavy atom. The highest BCUT2D eigenvalue weighted by atomic mass is 32.2. The van der Waals surface area contributed by atoms with Crippen LogP contribution in [-0.4, -0.2) is 94.3 Å². The second-order valence-electron chi connectivity index (χ2n) is 8.45. The first-order valence-electron chi connectivity index (χ1n) is 11.9. The van der Waals surface area contributed by atoms with E-state index in [0.717, 1.165) is 32.1 Å². The van der Waals surface area contributed by atoms with Crippen LogP contribution in [0.15, 0.2) is 0 Å². The molecule has 14 heteroatoms. The third-order valence-electron chi connectivity index (χ3n) is 6.41. The highest BCUT2D eigenvalue weighted by molar-refractivity contribution is 8.13. The van der Waals surface area contributed by atoms with Crippen molar-refractivity contribution in [3.05, 3.63) is 0 Å². The van der Waals surface area contributed by atoms with Crippen LogP contribution in [0.3, 0.4) is 0 Å². The van der Waals surface area contributed by atoms with Crippen LogP contribution in [0, 0.1) is 5.92 Å². The van der Waals surface area contributed by atoms with Gasteiger partial charge >= 0.3 is 17.6 Å². The lowest BCUT2D eigenvalue weighted by atomic mass is 9.83. The lowest BCUT2D eigenvalue weighted by Crippen LogP contribution is -2.48. The first-order valence-corrected chi connectivity index (χ1v) is 17.7. The number of hydrogen-bond donors (Lipinski definition) is 2. The zero-order valence-corrected chi connectivity index (χ0v) is 25.8. The lowest BCUT2D eigenvalue weighted by molar-refractivity contribution is 0.123. The second-order valence-corrected chi connectivity index (χ2v) is 16.8. The minimum Gasteiger partial charge on any atom is -0.377 e. The quantitative estimate of drug-likeness (QED) is 0.208. The molecular weight excluding hydrogens is 529 g/mol. The number of thioether (sulfide) groups is 2. The van der Waals surface area contributed by atoms with Crippen LogP contribution < -0.4 is 10.6 Å². The van der Waals surface area contributed by atoms with Gasteiger partial charge in [0.2, 0.25) is 0 Å². The largest absolute Gasteiger partial charge is 0.500 e. The van der Waals surface area contributed by atoms with E-state index < -0.39 is 17.6 Å². The van der Waals surface area contributed by atoms with E-state index in [1.165, 1.54) is 23.5 Å². The first-order chi connectivity index (χ1) is 16.7. The summed E-state index contributed by atoms with van der Waals surface area (Å²) in [4.78, 5) is 24.9.